The molecule has 0 aromatic carbocycles. The minimum absolute atomic E-state index is 0.365. The molecule has 1 heterocycles. The van der Waals surface area contributed by atoms with Crippen molar-refractivity contribution in [3.8, 4) is 0 Å². The van der Waals surface area contributed by atoms with Gasteiger partial charge in [0.05, 0.1) is 0 Å². The number of furan rings is 1. The summed E-state index contributed by atoms with van der Waals surface area (Å²) >= 11 is 1.87. The highest BCUT2D eigenvalue weighted by Gasteiger charge is 2.14. The molecule has 0 aliphatic rings. The standard InChI is InChI=1S/C12H21NOS/c1-8(7-15-5)13-10(3)12-6-9(2)14-11(12)4/h6,8,10,13H,7H2,1-5H3. The number of thioether (sulfide) groups is 1. The van der Waals surface area contributed by atoms with E-state index in [1.165, 1.54) is 5.56 Å². The number of aryl methyl sites for hydroxylation is 2. The van der Waals surface area contributed by atoms with E-state index in [9.17, 15) is 0 Å². The first-order valence-corrected chi connectivity index (χ1v) is 6.76. The Hall–Kier alpha value is -0.410. The molecule has 2 unspecified atom stereocenters. The molecule has 0 spiro atoms. The van der Waals surface area contributed by atoms with Gasteiger partial charge in [-0.05, 0) is 40.0 Å². The summed E-state index contributed by atoms with van der Waals surface area (Å²) in [5.74, 6) is 3.16. The van der Waals surface area contributed by atoms with Crippen LogP contribution in [-0.2, 0) is 0 Å². The first-order chi connectivity index (χ1) is 7.04. The second-order valence-electron chi connectivity index (χ2n) is 4.11. The van der Waals surface area contributed by atoms with Crippen molar-refractivity contribution in [1.29, 1.82) is 0 Å². The van der Waals surface area contributed by atoms with Crippen LogP contribution in [0, 0.1) is 13.8 Å². The Kier molecular flexibility index (Phi) is 4.74. The fourth-order valence-corrected chi connectivity index (χ4v) is 2.49. The summed E-state index contributed by atoms with van der Waals surface area (Å²) in [5, 5.41) is 3.57. The summed E-state index contributed by atoms with van der Waals surface area (Å²) in [5.41, 5.74) is 1.28. The number of rotatable bonds is 5. The molecule has 1 rings (SSSR count). The molecule has 1 aromatic heterocycles. The average Bonchev–Trinajstić information content (AvgIpc) is 2.45. The fourth-order valence-electron chi connectivity index (χ4n) is 1.90. The van der Waals surface area contributed by atoms with Crippen molar-refractivity contribution in [3.63, 3.8) is 0 Å². The van der Waals surface area contributed by atoms with Crippen LogP contribution < -0.4 is 5.32 Å². The molecule has 0 bridgehead atoms. The summed E-state index contributed by atoms with van der Waals surface area (Å²) in [6.45, 7) is 8.43. The molecule has 0 fully saturated rings. The van der Waals surface area contributed by atoms with E-state index in [2.05, 4.69) is 31.5 Å². The van der Waals surface area contributed by atoms with E-state index in [4.69, 9.17) is 4.42 Å². The van der Waals surface area contributed by atoms with E-state index < -0.39 is 0 Å². The van der Waals surface area contributed by atoms with E-state index in [1.54, 1.807) is 0 Å². The van der Waals surface area contributed by atoms with Gasteiger partial charge in [0.1, 0.15) is 11.5 Å². The normalized spacial score (nSPS) is 15.3. The molecule has 15 heavy (non-hydrogen) atoms. The third-order valence-corrected chi connectivity index (χ3v) is 3.33. The van der Waals surface area contributed by atoms with E-state index in [0.717, 1.165) is 17.3 Å². The lowest BCUT2D eigenvalue weighted by Crippen LogP contribution is -2.30. The van der Waals surface area contributed by atoms with Gasteiger partial charge in [-0.2, -0.15) is 11.8 Å². The van der Waals surface area contributed by atoms with Gasteiger partial charge in [-0.3, -0.25) is 0 Å². The Balaban J connectivity index is 2.60. The molecule has 0 amide bonds. The van der Waals surface area contributed by atoms with Crippen molar-refractivity contribution in [1.82, 2.24) is 5.32 Å². The molecule has 0 aliphatic carbocycles. The summed E-state index contributed by atoms with van der Waals surface area (Å²) < 4.78 is 5.53. The van der Waals surface area contributed by atoms with E-state index in [-0.39, 0.29) is 0 Å². The minimum atomic E-state index is 0.365. The van der Waals surface area contributed by atoms with E-state index >= 15 is 0 Å². The highest BCUT2D eigenvalue weighted by atomic mass is 32.2. The lowest BCUT2D eigenvalue weighted by atomic mass is 10.1. The molecule has 2 atom stereocenters. The highest BCUT2D eigenvalue weighted by Crippen LogP contribution is 2.21. The van der Waals surface area contributed by atoms with Crippen LogP contribution in [0.5, 0.6) is 0 Å². The van der Waals surface area contributed by atoms with Gasteiger partial charge in [-0.25, -0.2) is 0 Å². The average molecular weight is 227 g/mol. The Bertz CT molecular complexity index is 309. The maximum Gasteiger partial charge on any atom is 0.105 e. The fraction of sp³-hybridized carbons (Fsp3) is 0.667. The summed E-state index contributed by atoms with van der Waals surface area (Å²) in [7, 11) is 0. The van der Waals surface area contributed by atoms with Gasteiger partial charge < -0.3 is 9.73 Å². The molecule has 0 aliphatic heterocycles. The predicted octanol–water partition coefficient (Wildman–Crippen LogP) is 3.30. The van der Waals surface area contributed by atoms with Gasteiger partial charge in [0.15, 0.2) is 0 Å². The number of hydrogen-bond donors (Lipinski definition) is 1. The van der Waals surface area contributed by atoms with Gasteiger partial charge in [0.2, 0.25) is 0 Å². The van der Waals surface area contributed by atoms with Crippen LogP contribution in [0.2, 0.25) is 0 Å². The molecular formula is C12H21NOS. The van der Waals surface area contributed by atoms with Gasteiger partial charge in [0.25, 0.3) is 0 Å². The number of hydrogen-bond acceptors (Lipinski definition) is 3. The van der Waals surface area contributed by atoms with Crippen molar-refractivity contribution in [3.05, 3.63) is 23.2 Å². The van der Waals surface area contributed by atoms with Crippen LogP contribution in [0.3, 0.4) is 0 Å². The van der Waals surface area contributed by atoms with Crippen molar-refractivity contribution in [2.24, 2.45) is 0 Å². The van der Waals surface area contributed by atoms with Crippen LogP contribution in [0.15, 0.2) is 10.5 Å². The van der Waals surface area contributed by atoms with E-state index in [0.29, 0.717) is 12.1 Å². The molecule has 2 nitrogen and oxygen atoms in total. The summed E-state index contributed by atoms with van der Waals surface area (Å²) in [6.07, 6.45) is 2.14. The zero-order chi connectivity index (χ0) is 11.4. The quantitative estimate of drug-likeness (QED) is 0.835. The molecule has 3 heteroatoms. The molecule has 1 aromatic rings. The second kappa shape index (κ2) is 5.61. The molecule has 0 saturated heterocycles. The Morgan fingerprint density at radius 3 is 2.53 bits per heavy atom. The van der Waals surface area contributed by atoms with Gasteiger partial charge in [-0.15, -0.1) is 0 Å². The second-order valence-corrected chi connectivity index (χ2v) is 5.02. The topological polar surface area (TPSA) is 25.2 Å². The Morgan fingerprint density at radius 1 is 1.40 bits per heavy atom. The molecule has 86 valence electrons. The smallest absolute Gasteiger partial charge is 0.105 e. The number of nitrogens with one attached hydrogen (secondary N) is 1. The monoisotopic (exact) mass is 227 g/mol. The lowest BCUT2D eigenvalue weighted by Gasteiger charge is -2.18. The van der Waals surface area contributed by atoms with Crippen LogP contribution in [0.4, 0.5) is 0 Å². The maximum absolute atomic E-state index is 5.53. The maximum atomic E-state index is 5.53. The van der Waals surface area contributed by atoms with Gasteiger partial charge >= 0.3 is 0 Å². The third-order valence-electron chi connectivity index (χ3n) is 2.50. The van der Waals surface area contributed by atoms with Gasteiger partial charge in [-0.1, -0.05) is 0 Å². The molecule has 0 radical (unpaired) electrons. The Morgan fingerprint density at radius 2 is 2.07 bits per heavy atom. The van der Waals surface area contributed by atoms with Crippen LogP contribution >= 0.6 is 11.8 Å². The summed E-state index contributed by atoms with van der Waals surface area (Å²) in [6, 6.07) is 3.02. The van der Waals surface area contributed by atoms with Gasteiger partial charge in [0, 0.05) is 23.4 Å². The SMILES string of the molecule is CSCC(C)NC(C)c1cc(C)oc1C. The first-order valence-electron chi connectivity index (χ1n) is 5.36. The predicted molar refractivity (Wildman–Crippen MR) is 67.6 cm³/mol. The van der Waals surface area contributed by atoms with Crippen molar-refractivity contribution in [2.75, 3.05) is 12.0 Å². The van der Waals surface area contributed by atoms with Crippen LogP contribution in [-0.4, -0.2) is 18.1 Å². The lowest BCUT2D eigenvalue weighted by molar-refractivity contribution is 0.476. The largest absolute Gasteiger partial charge is 0.466 e. The molecule has 1 N–H and O–H groups in total. The Labute approximate surface area is 96.8 Å². The highest BCUT2D eigenvalue weighted by molar-refractivity contribution is 7.98. The zero-order valence-corrected chi connectivity index (χ0v) is 11.1. The summed E-state index contributed by atoms with van der Waals surface area (Å²) in [4.78, 5) is 0. The minimum Gasteiger partial charge on any atom is -0.466 e. The molecular weight excluding hydrogens is 206 g/mol. The van der Waals surface area contributed by atoms with Crippen molar-refractivity contribution in [2.45, 2.75) is 39.8 Å². The van der Waals surface area contributed by atoms with Crippen molar-refractivity contribution >= 4 is 11.8 Å². The van der Waals surface area contributed by atoms with E-state index in [1.807, 2.05) is 25.6 Å². The van der Waals surface area contributed by atoms with Crippen molar-refractivity contribution < 1.29 is 4.42 Å². The van der Waals surface area contributed by atoms with Crippen LogP contribution in [0.1, 0.15) is 37.0 Å². The zero-order valence-electron chi connectivity index (χ0n) is 10.3. The van der Waals surface area contributed by atoms with Crippen LogP contribution in [0.25, 0.3) is 0 Å². The molecule has 0 saturated carbocycles. The third kappa shape index (κ3) is 3.58. The first kappa shape index (κ1) is 12.7.